The molecule has 1 aromatic heterocycles. The molecule has 3 rings (SSSR count). The lowest BCUT2D eigenvalue weighted by atomic mass is 10.0. The number of likely N-dealkylation sites (N-methyl/N-ethyl adjacent to an activating group) is 1. The van der Waals surface area contributed by atoms with E-state index in [1.807, 2.05) is 30.3 Å². The Kier molecular flexibility index (Phi) is 8.71. The normalized spacial score (nSPS) is 11.5. The number of rotatable bonds is 10. The predicted molar refractivity (Wildman–Crippen MR) is 126 cm³/mol. The lowest BCUT2D eigenvalue weighted by Gasteiger charge is -2.26. The Morgan fingerprint density at radius 2 is 1.70 bits per heavy atom. The Hall–Kier alpha value is -3.52. The molecule has 0 bridgehead atoms. The highest BCUT2D eigenvalue weighted by Gasteiger charge is 2.27. The quantitative estimate of drug-likeness (QED) is 0.480. The first-order valence-corrected chi connectivity index (χ1v) is 11.5. The van der Waals surface area contributed by atoms with Crippen molar-refractivity contribution in [1.29, 1.82) is 0 Å². The van der Waals surface area contributed by atoms with Gasteiger partial charge in [0.2, 0.25) is 11.8 Å². The smallest absolute Gasteiger partial charge is 0.262 e. The molecule has 0 saturated heterocycles. The molecule has 0 saturated carbocycles. The number of nitrogens with zero attached hydrogens (tertiary/aromatic N) is 1. The van der Waals surface area contributed by atoms with Gasteiger partial charge in [-0.15, -0.1) is 11.3 Å². The van der Waals surface area contributed by atoms with Crippen molar-refractivity contribution in [2.45, 2.75) is 25.9 Å². The Morgan fingerprint density at radius 1 is 0.970 bits per heavy atom. The van der Waals surface area contributed by atoms with E-state index in [-0.39, 0.29) is 36.6 Å². The molecule has 1 unspecified atom stereocenters. The van der Waals surface area contributed by atoms with Crippen LogP contribution in [0.25, 0.3) is 0 Å². The molecule has 3 amide bonds. The second-order valence-corrected chi connectivity index (χ2v) is 8.40. The van der Waals surface area contributed by atoms with Crippen LogP contribution < -0.4 is 10.6 Å². The molecular weight excluding hydrogens is 441 g/mol. The van der Waals surface area contributed by atoms with Crippen LogP contribution in [0.4, 0.5) is 4.39 Å². The van der Waals surface area contributed by atoms with E-state index in [9.17, 15) is 18.8 Å². The zero-order valence-corrected chi connectivity index (χ0v) is 19.1. The Labute approximate surface area is 196 Å². The lowest BCUT2D eigenvalue weighted by molar-refractivity contribution is -0.137. The fourth-order valence-electron chi connectivity index (χ4n) is 3.29. The summed E-state index contributed by atoms with van der Waals surface area (Å²) in [5.41, 5.74) is 1.66. The third kappa shape index (κ3) is 7.25. The fourth-order valence-corrected chi connectivity index (χ4v) is 3.91. The maximum Gasteiger partial charge on any atom is 0.262 e. The van der Waals surface area contributed by atoms with Gasteiger partial charge in [-0.05, 0) is 41.6 Å². The highest BCUT2D eigenvalue weighted by molar-refractivity contribution is 7.12. The number of hydrogen-bond donors (Lipinski definition) is 2. The van der Waals surface area contributed by atoms with Crippen molar-refractivity contribution < 1.29 is 18.8 Å². The van der Waals surface area contributed by atoms with E-state index in [1.165, 1.54) is 28.4 Å². The molecule has 2 aromatic carbocycles. The maximum absolute atomic E-state index is 13.3. The van der Waals surface area contributed by atoms with Crippen molar-refractivity contribution in [2.24, 2.45) is 0 Å². The number of benzene rings is 2. The van der Waals surface area contributed by atoms with Crippen molar-refractivity contribution in [3.63, 3.8) is 0 Å². The van der Waals surface area contributed by atoms with Crippen LogP contribution in [-0.4, -0.2) is 41.8 Å². The van der Waals surface area contributed by atoms with Gasteiger partial charge in [0.15, 0.2) is 0 Å². The molecule has 0 radical (unpaired) electrons. The Morgan fingerprint density at radius 3 is 2.33 bits per heavy atom. The molecular formula is C25H26FN3O3S. The average Bonchev–Trinajstić information content (AvgIpc) is 3.37. The van der Waals surface area contributed by atoms with Crippen LogP contribution in [0.5, 0.6) is 0 Å². The molecule has 3 aromatic rings. The second-order valence-electron chi connectivity index (χ2n) is 7.45. The summed E-state index contributed by atoms with van der Waals surface area (Å²) in [6.07, 6.45) is 0.310. The van der Waals surface area contributed by atoms with Gasteiger partial charge in [-0.25, -0.2) is 4.39 Å². The second kappa shape index (κ2) is 11.9. The molecule has 1 heterocycles. The van der Waals surface area contributed by atoms with Gasteiger partial charge in [-0.2, -0.15) is 0 Å². The van der Waals surface area contributed by atoms with Crippen LogP contribution >= 0.6 is 11.3 Å². The van der Waals surface area contributed by atoms with E-state index in [1.54, 1.807) is 36.6 Å². The summed E-state index contributed by atoms with van der Waals surface area (Å²) in [6, 6.07) is 17.9. The van der Waals surface area contributed by atoms with Crippen molar-refractivity contribution >= 4 is 29.1 Å². The van der Waals surface area contributed by atoms with Crippen LogP contribution in [0.2, 0.25) is 0 Å². The molecule has 0 aliphatic carbocycles. The van der Waals surface area contributed by atoms with Crippen LogP contribution in [0.3, 0.4) is 0 Å². The number of amides is 3. The first kappa shape index (κ1) is 24.1. The summed E-state index contributed by atoms with van der Waals surface area (Å²) < 4.78 is 13.0. The number of hydrogen-bond acceptors (Lipinski definition) is 4. The lowest BCUT2D eigenvalue weighted by Crippen LogP contribution is -2.51. The maximum atomic E-state index is 13.3. The molecule has 8 heteroatoms. The molecule has 0 fully saturated rings. The van der Waals surface area contributed by atoms with Crippen LogP contribution in [0.15, 0.2) is 72.1 Å². The average molecular weight is 468 g/mol. The largest absolute Gasteiger partial charge is 0.350 e. The molecule has 1 atom stereocenters. The number of carbonyl (C=O) groups is 3. The zero-order valence-electron chi connectivity index (χ0n) is 18.3. The summed E-state index contributed by atoms with van der Waals surface area (Å²) in [5, 5.41) is 7.38. The van der Waals surface area contributed by atoms with Crippen LogP contribution in [0, 0.1) is 5.82 Å². The topological polar surface area (TPSA) is 78.5 Å². The summed E-state index contributed by atoms with van der Waals surface area (Å²) in [7, 11) is 0. The summed E-state index contributed by atoms with van der Waals surface area (Å²) in [6.45, 7) is 2.18. The number of carbonyl (C=O) groups excluding carboxylic acids is 3. The minimum atomic E-state index is -0.813. The van der Waals surface area contributed by atoms with Gasteiger partial charge in [0.1, 0.15) is 11.9 Å². The van der Waals surface area contributed by atoms with Crippen LogP contribution in [0.1, 0.15) is 27.7 Å². The summed E-state index contributed by atoms with van der Waals surface area (Å²) >= 11 is 1.30. The molecule has 0 aliphatic heterocycles. The monoisotopic (exact) mass is 467 g/mol. The fraction of sp³-hybridized carbons (Fsp3) is 0.240. The van der Waals surface area contributed by atoms with Crippen molar-refractivity contribution in [2.75, 3.05) is 13.1 Å². The minimum absolute atomic E-state index is 0.142. The van der Waals surface area contributed by atoms with Gasteiger partial charge in [0.25, 0.3) is 5.91 Å². The Bertz CT molecular complexity index is 1060. The highest BCUT2D eigenvalue weighted by Crippen LogP contribution is 2.11. The van der Waals surface area contributed by atoms with E-state index >= 15 is 0 Å². The van der Waals surface area contributed by atoms with E-state index in [2.05, 4.69) is 10.6 Å². The van der Waals surface area contributed by atoms with Gasteiger partial charge < -0.3 is 15.5 Å². The van der Waals surface area contributed by atoms with E-state index in [0.717, 1.165) is 11.1 Å². The SMILES string of the molecule is CCN(CC(=O)NCc1ccc(F)cc1)C(=O)C(Cc1ccccc1)NC(=O)c1cccs1. The van der Waals surface area contributed by atoms with E-state index in [0.29, 0.717) is 17.8 Å². The van der Waals surface area contributed by atoms with Gasteiger partial charge >= 0.3 is 0 Å². The third-order valence-electron chi connectivity index (χ3n) is 5.06. The summed E-state index contributed by atoms with van der Waals surface area (Å²) in [4.78, 5) is 40.4. The number of thiophene rings is 1. The standard InChI is InChI=1S/C25H26FN3O3S/c1-2-29(17-23(30)27-16-19-10-12-20(26)13-11-19)25(32)21(15-18-7-4-3-5-8-18)28-24(31)22-9-6-14-33-22/h3-14,21H,2,15-17H2,1H3,(H,27,30)(H,28,31). The molecule has 0 aliphatic rings. The Balaban J connectivity index is 1.66. The van der Waals surface area contributed by atoms with Crippen molar-refractivity contribution in [1.82, 2.24) is 15.5 Å². The number of nitrogens with one attached hydrogen (secondary N) is 2. The molecule has 2 N–H and O–H groups in total. The van der Waals surface area contributed by atoms with Gasteiger partial charge in [-0.3, -0.25) is 14.4 Å². The highest BCUT2D eigenvalue weighted by atomic mass is 32.1. The van der Waals surface area contributed by atoms with Gasteiger partial charge in [-0.1, -0.05) is 48.5 Å². The molecule has 33 heavy (non-hydrogen) atoms. The van der Waals surface area contributed by atoms with Gasteiger partial charge in [0, 0.05) is 19.5 Å². The van der Waals surface area contributed by atoms with Gasteiger partial charge in [0.05, 0.1) is 11.4 Å². The molecule has 0 spiro atoms. The van der Waals surface area contributed by atoms with E-state index in [4.69, 9.17) is 0 Å². The van der Waals surface area contributed by atoms with E-state index < -0.39 is 6.04 Å². The summed E-state index contributed by atoms with van der Waals surface area (Å²) in [5.74, 6) is -1.33. The first-order chi connectivity index (χ1) is 16.0. The predicted octanol–water partition coefficient (Wildman–Crippen LogP) is 3.39. The van der Waals surface area contributed by atoms with Crippen LogP contribution in [-0.2, 0) is 22.6 Å². The zero-order chi connectivity index (χ0) is 23.6. The number of halogens is 1. The third-order valence-corrected chi connectivity index (χ3v) is 5.93. The van der Waals surface area contributed by atoms with Crippen molar-refractivity contribution in [3.8, 4) is 0 Å². The minimum Gasteiger partial charge on any atom is -0.350 e. The first-order valence-electron chi connectivity index (χ1n) is 10.6. The van der Waals surface area contributed by atoms with Crippen molar-refractivity contribution in [3.05, 3.63) is 93.9 Å². The molecule has 6 nitrogen and oxygen atoms in total. The molecule has 172 valence electrons.